The number of nitrogen functional groups attached to an aromatic ring is 1. The Balaban J connectivity index is 2.95. The molecule has 1 rings (SSSR count). The topological polar surface area (TPSA) is 59.2 Å². The molecule has 0 aromatic carbocycles. The molecule has 0 saturated carbocycles. The van der Waals surface area contributed by atoms with Gasteiger partial charge < -0.3 is 10.6 Å². The van der Waals surface area contributed by atoms with Crippen molar-refractivity contribution in [3.8, 4) is 0 Å². The van der Waals surface area contributed by atoms with Crippen molar-refractivity contribution in [3.05, 3.63) is 23.6 Å². The van der Waals surface area contributed by atoms with Gasteiger partial charge in [0.25, 0.3) is 5.91 Å². The zero-order chi connectivity index (χ0) is 13.7. The molecule has 1 aromatic rings. The van der Waals surface area contributed by atoms with E-state index in [4.69, 9.17) is 5.73 Å². The van der Waals surface area contributed by atoms with Crippen molar-refractivity contribution < 1.29 is 9.18 Å². The van der Waals surface area contributed by atoms with Crippen LogP contribution in [0.4, 0.5) is 10.2 Å². The van der Waals surface area contributed by atoms with Gasteiger partial charge in [-0.3, -0.25) is 4.79 Å². The monoisotopic (exact) mass is 271 g/mol. The van der Waals surface area contributed by atoms with Crippen LogP contribution >= 0.6 is 11.8 Å². The Labute approximate surface area is 111 Å². The third kappa shape index (κ3) is 3.35. The minimum absolute atomic E-state index is 0.0623. The lowest BCUT2D eigenvalue weighted by Gasteiger charge is -2.27. The first-order valence-corrected chi connectivity index (χ1v) is 7.07. The number of hydrogen-bond acceptors (Lipinski definition) is 4. The number of hydrogen-bond donors (Lipinski definition) is 1. The first-order chi connectivity index (χ1) is 8.51. The molecular weight excluding hydrogens is 253 g/mol. The number of amides is 1. The number of halogens is 1. The average Bonchev–Trinajstić information content (AvgIpc) is 2.37. The Morgan fingerprint density at radius 3 is 2.89 bits per heavy atom. The van der Waals surface area contributed by atoms with E-state index < -0.39 is 5.82 Å². The Morgan fingerprint density at radius 1 is 1.67 bits per heavy atom. The van der Waals surface area contributed by atoms with Crippen molar-refractivity contribution in [3.63, 3.8) is 0 Å². The third-order valence-electron chi connectivity index (χ3n) is 2.81. The first kappa shape index (κ1) is 14.8. The lowest BCUT2D eigenvalue weighted by Crippen LogP contribution is -2.38. The van der Waals surface area contributed by atoms with Gasteiger partial charge in [-0.2, -0.15) is 11.8 Å². The van der Waals surface area contributed by atoms with Gasteiger partial charge in [-0.1, -0.05) is 6.92 Å². The number of nitrogens with zero attached hydrogens (tertiary/aromatic N) is 2. The van der Waals surface area contributed by atoms with Crippen LogP contribution in [0.15, 0.2) is 12.3 Å². The van der Waals surface area contributed by atoms with Crippen molar-refractivity contribution in [1.82, 2.24) is 9.88 Å². The second kappa shape index (κ2) is 6.58. The predicted octanol–water partition coefficient (Wildman–Crippen LogP) is 2.02. The molecule has 0 saturated heterocycles. The molecule has 1 atom stereocenters. The van der Waals surface area contributed by atoms with Gasteiger partial charge in [0, 0.05) is 18.8 Å². The molecule has 0 aliphatic heterocycles. The molecule has 0 radical (unpaired) electrons. The molecule has 0 aliphatic carbocycles. The molecule has 100 valence electrons. The summed E-state index contributed by atoms with van der Waals surface area (Å²) in [6.07, 6.45) is 3.83. The van der Waals surface area contributed by atoms with E-state index in [9.17, 15) is 9.18 Å². The molecule has 1 unspecified atom stereocenters. The van der Waals surface area contributed by atoms with Gasteiger partial charge >= 0.3 is 0 Å². The van der Waals surface area contributed by atoms with Crippen LogP contribution in [0.2, 0.25) is 0 Å². The van der Waals surface area contributed by atoms with Gasteiger partial charge in [0.2, 0.25) is 0 Å². The normalized spacial score (nSPS) is 12.2. The van der Waals surface area contributed by atoms with E-state index in [0.717, 1.165) is 24.4 Å². The van der Waals surface area contributed by atoms with Gasteiger partial charge in [-0.25, -0.2) is 9.37 Å². The Bertz CT molecular complexity index is 428. The number of thioether (sulfide) groups is 1. The maximum Gasteiger partial charge on any atom is 0.257 e. The molecule has 1 amide bonds. The molecule has 1 aromatic heterocycles. The van der Waals surface area contributed by atoms with Crippen molar-refractivity contribution >= 4 is 23.5 Å². The summed E-state index contributed by atoms with van der Waals surface area (Å²) in [5, 5.41) is 0. The minimum Gasteiger partial charge on any atom is -0.383 e. The van der Waals surface area contributed by atoms with Gasteiger partial charge in [0.1, 0.15) is 11.6 Å². The molecule has 0 spiro atoms. The van der Waals surface area contributed by atoms with E-state index in [1.54, 1.807) is 23.7 Å². The largest absolute Gasteiger partial charge is 0.383 e. The van der Waals surface area contributed by atoms with Crippen LogP contribution in [-0.2, 0) is 0 Å². The number of carbonyl (C=O) groups is 1. The van der Waals surface area contributed by atoms with Gasteiger partial charge in [-0.05, 0) is 18.7 Å². The molecular formula is C12H18FN3OS. The summed E-state index contributed by atoms with van der Waals surface area (Å²) in [7, 11) is 1.71. The Kier molecular flexibility index (Phi) is 5.40. The standard InChI is InChI=1S/C12H18FN3OS/c1-4-9(7-18-3)16(2)12(17)10-5-8(13)6-15-11(10)14/h5-6,9H,4,7H2,1-3H3,(H2,14,15). The highest BCUT2D eigenvalue weighted by Crippen LogP contribution is 2.16. The molecule has 4 nitrogen and oxygen atoms in total. The van der Waals surface area contributed by atoms with Crippen LogP contribution in [-0.4, -0.2) is 40.9 Å². The average molecular weight is 271 g/mol. The van der Waals surface area contributed by atoms with Crippen molar-refractivity contribution in [1.29, 1.82) is 0 Å². The van der Waals surface area contributed by atoms with Crippen LogP contribution in [0, 0.1) is 5.82 Å². The zero-order valence-electron chi connectivity index (χ0n) is 10.8. The van der Waals surface area contributed by atoms with Crippen LogP contribution < -0.4 is 5.73 Å². The van der Waals surface area contributed by atoms with E-state index >= 15 is 0 Å². The molecule has 0 aliphatic rings. The maximum atomic E-state index is 13.1. The van der Waals surface area contributed by atoms with E-state index in [1.165, 1.54) is 0 Å². The summed E-state index contributed by atoms with van der Waals surface area (Å²) in [6, 6.07) is 1.24. The maximum absolute atomic E-state index is 13.1. The van der Waals surface area contributed by atoms with E-state index in [1.807, 2.05) is 13.2 Å². The molecule has 0 fully saturated rings. The minimum atomic E-state index is -0.557. The Morgan fingerprint density at radius 2 is 2.33 bits per heavy atom. The van der Waals surface area contributed by atoms with Gasteiger partial charge in [-0.15, -0.1) is 0 Å². The van der Waals surface area contributed by atoms with E-state index in [2.05, 4.69) is 4.98 Å². The molecule has 0 bridgehead atoms. The quantitative estimate of drug-likeness (QED) is 0.890. The van der Waals surface area contributed by atoms with Crippen molar-refractivity contribution in [2.45, 2.75) is 19.4 Å². The smallest absolute Gasteiger partial charge is 0.257 e. The van der Waals surface area contributed by atoms with Crippen LogP contribution in [0.5, 0.6) is 0 Å². The highest BCUT2D eigenvalue weighted by molar-refractivity contribution is 7.98. The third-order valence-corrected chi connectivity index (χ3v) is 3.53. The lowest BCUT2D eigenvalue weighted by molar-refractivity contribution is 0.0744. The van der Waals surface area contributed by atoms with Crippen LogP contribution in [0.1, 0.15) is 23.7 Å². The summed E-state index contributed by atoms with van der Waals surface area (Å²) < 4.78 is 13.1. The summed E-state index contributed by atoms with van der Waals surface area (Å²) >= 11 is 1.67. The van der Waals surface area contributed by atoms with Crippen LogP contribution in [0.25, 0.3) is 0 Å². The second-order valence-electron chi connectivity index (χ2n) is 4.02. The van der Waals surface area contributed by atoms with Crippen molar-refractivity contribution in [2.75, 3.05) is 24.8 Å². The number of rotatable bonds is 5. The fourth-order valence-electron chi connectivity index (χ4n) is 1.67. The molecule has 6 heteroatoms. The lowest BCUT2D eigenvalue weighted by atomic mass is 10.1. The number of carbonyl (C=O) groups excluding carboxylic acids is 1. The summed E-state index contributed by atoms with van der Waals surface area (Å²) in [6.45, 7) is 2.01. The van der Waals surface area contributed by atoms with Crippen molar-refractivity contribution in [2.24, 2.45) is 0 Å². The summed E-state index contributed by atoms with van der Waals surface area (Å²) in [5.74, 6) is 0.0491. The number of anilines is 1. The number of aromatic nitrogens is 1. The Hall–Kier alpha value is -1.30. The van der Waals surface area contributed by atoms with Gasteiger partial charge in [0.15, 0.2) is 0 Å². The van der Waals surface area contributed by atoms with E-state index in [0.29, 0.717) is 0 Å². The summed E-state index contributed by atoms with van der Waals surface area (Å²) in [5.41, 5.74) is 5.74. The van der Waals surface area contributed by atoms with E-state index in [-0.39, 0.29) is 23.3 Å². The molecule has 18 heavy (non-hydrogen) atoms. The SMILES string of the molecule is CCC(CSC)N(C)C(=O)c1cc(F)cnc1N. The number of pyridine rings is 1. The summed E-state index contributed by atoms with van der Waals surface area (Å²) in [4.78, 5) is 17.5. The van der Waals surface area contributed by atoms with Gasteiger partial charge in [0.05, 0.1) is 11.8 Å². The number of nitrogens with two attached hydrogens (primary N) is 1. The highest BCUT2D eigenvalue weighted by atomic mass is 32.2. The fraction of sp³-hybridized carbons (Fsp3) is 0.500. The zero-order valence-corrected chi connectivity index (χ0v) is 11.6. The van der Waals surface area contributed by atoms with Crippen LogP contribution in [0.3, 0.4) is 0 Å². The fourth-order valence-corrected chi connectivity index (χ4v) is 2.52. The highest BCUT2D eigenvalue weighted by Gasteiger charge is 2.22. The molecule has 2 N–H and O–H groups in total. The molecule has 1 heterocycles. The second-order valence-corrected chi connectivity index (χ2v) is 4.93. The predicted molar refractivity (Wildman–Crippen MR) is 73.2 cm³/mol. The first-order valence-electron chi connectivity index (χ1n) is 5.68.